The molecule has 1 heterocycles. The lowest BCUT2D eigenvalue weighted by Gasteiger charge is -1.93. The smallest absolute Gasteiger partial charge is 0.0660 e. The first kappa shape index (κ1) is 10.1. The van der Waals surface area contributed by atoms with Gasteiger partial charge in [0.05, 0.1) is 5.69 Å². The Kier molecular flexibility index (Phi) is 3.25. The van der Waals surface area contributed by atoms with Gasteiger partial charge in [-0.2, -0.15) is 0 Å². The number of hydrogen-bond acceptors (Lipinski definition) is 2. The molecule has 0 unspecified atom stereocenters. The van der Waals surface area contributed by atoms with Crippen LogP contribution in [0.3, 0.4) is 0 Å². The van der Waals surface area contributed by atoms with Crippen molar-refractivity contribution in [2.24, 2.45) is 4.99 Å². The maximum Gasteiger partial charge on any atom is 0.0660 e. The molecular formula is C12H9BrN2. The first-order chi connectivity index (χ1) is 7.34. The summed E-state index contributed by atoms with van der Waals surface area (Å²) in [5.74, 6) is 0. The Balaban J connectivity index is 2.15. The lowest BCUT2D eigenvalue weighted by molar-refractivity contribution is 1.32. The Bertz CT molecular complexity index is 449. The summed E-state index contributed by atoms with van der Waals surface area (Å²) in [6.07, 6.45) is 5.30. The van der Waals surface area contributed by atoms with Crippen molar-refractivity contribution in [1.29, 1.82) is 0 Å². The standard InChI is InChI=1S/C12H9BrN2/c13-11-3-1-10(2-4-11)9-15-12-5-7-14-8-6-12/h1-9H. The molecule has 0 fully saturated rings. The van der Waals surface area contributed by atoms with Gasteiger partial charge < -0.3 is 0 Å². The van der Waals surface area contributed by atoms with Crippen LogP contribution in [0.5, 0.6) is 0 Å². The third kappa shape index (κ3) is 2.99. The van der Waals surface area contributed by atoms with Crippen LogP contribution in [0, 0.1) is 0 Å². The van der Waals surface area contributed by atoms with Crippen LogP contribution in [0.25, 0.3) is 0 Å². The van der Waals surface area contributed by atoms with Gasteiger partial charge in [-0.3, -0.25) is 9.98 Å². The first-order valence-electron chi connectivity index (χ1n) is 4.54. The van der Waals surface area contributed by atoms with E-state index in [0.29, 0.717) is 0 Å². The SMILES string of the molecule is Brc1ccc(C=Nc2ccncc2)cc1. The van der Waals surface area contributed by atoms with Gasteiger partial charge in [0.2, 0.25) is 0 Å². The van der Waals surface area contributed by atoms with E-state index in [4.69, 9.17) is 0 Å². The fourth-order valence-corrected chi connectivity index (χ4v) is 1.39. The number of aliphatic imine (C=N–C) groups is 1. The van der Waals surface area contributed by atoms with Crippen LogP contribution in [0.15, 0.2) is 58.3 Å². The van der Waals surface area contributed by atoms with Crippen LogP contribution >= 0.6 is 15.9 Å². The maximum absolute atomic E-state index is 4.33. The van der Waals surface area contributed by atoms with Crippen LogP contribution in [0.2, 0.25) is 0 Å². The Morgan fingerprint density at radius 2 is 1.67 bits per heavy atom. The number of aromatic nitrogens is 1. The van der Waals surface area contributed by atoms with E-state index < -0.39 is 0 Å². The van der Waals surface area contributed by atoms with E-state index in [1.807, 2.05) is 42.6 Å². The van der Waals surface area contributed by atoms with Crippen molar-refractivity contribution < 1.29 is 0 Å². The Labute approximate surface area is 96.8 Å². The average Bonchev–Trinajstić information content (AvgIpc) is 2.30. The third-order valence-corrected chi connectivity index (χ3v) is 2.42. The molecule has 15 heavy (non-hydrogen) atoms. The zero-order valence-corrected chi connectivity index (χ0v) is 9.55. The summed E-state index contributed by atoms with van der Waals surface area (Å²) in [6.45, 7) is 0. The van der Waals surface area contributed by atoms with Crippen LogP contribution < -0.4 is 0 Å². The summed E-state index contributed by atoms with van der Waals surface area (Å²) in [7, 11) is 0. The lowest BCUT2D eigenvalue weighted by Crippen LogP contribution is -1.79. The van der Waals surface area contributed by atoms with Crippen molar-refractivity contribution in [2.75, 3.05) is 0 Å². The minimum atomic E-state index is 0.910. The monoisotopic (exact) mass is 260 g/mol. The second kappa shape index (κ2) is 4.84. The Hall–Kier alpha value is -1.48. The van der Waals surface area contributed by atoms with Crippen molar-refractivity contribution in [3.05, 3.63) is 58.8 Å². The van der Waals surface area contributed by atoms with Gasteiger partial charge in [-0.05, 0) is 29.8 Å². The third-order valence-electron chi connectivity index (χ3n) is 1.90. The summed E-state index contributed by atoms with van der Waals surface area (Å²) in [5, 5.41) is 0. The quantitative estimate of drug-likeness (QED) is 0.758. The lowest BCUT2D eigenvalue weighted by atomic mass is 10.2. The predicted octanol–water partition coefficient (Wildman–Crippen LogP) is 3.59. The number of rotatable bonds is 2. The number of halogens is 1. The van der Waals surface area contributed by atoms with E-state index in [-0.39, 0.29) is 0 Å². The molecular weight excluding hydrogens is 252 g/mol. The van der Waals surface area contributed by atoms with Crippen LogP contribution in [-0.2, 0) is 0 Å². The summed E-state index contributed by atoms with van der Waals surface area (Å²) in [5.41, 5.74) is 1.99. The Morgan fingerprint density at radius 1 is 1.00 bits per heavy atom. The van der Waals surface area contributed by atoms with Crippen molar-refractivity contribution in [2.45, 2.75) is 0 Å². The van der Waals surface area contributed by atoms with Crippen molar-refractivity contribution in [3.8, 4) is 0 Å². The highest BCUT2D eigenvalue weighted by molar-refractivity contribution is 9.10. The second-order valence-electron chi connectivity index (χ2n) is 3.02. The van der Waals surface area contributed by atoms with Crippen molar-refractivity contribution in [3.63, 3.8) is 0 Å². The molecule has 0 spiro atoms. The summed E-state index contributed by atoms with van der Waals surface area (Å²) in [6, 6.07) is 11.7. The molecule has 0 aliphatic carbocycles. The van der Waals surface area contributed by atoms with E-state index in [9.17, 15) is 0 Å². The topological polar surface area (TPSA) is 25.2 Å². The number of hydrogen-bond donors (Lipinski definition) is 0. The van der Waals surface area contributed by atoms with E-state index in [1.54, 1.807) is 12.4 Å². The average molecular weight is 261 g/mol. The van der Waals surface area contributed by atoms with Gasteiger partial charge in [-0.25, -0.2) is 0 Å². The highest BCUT2D eigenvalue weighted by Gasteiger charge is 1.88. The van der Waals surface area contributed by atoms with Gasteiger partial charge >= 0.3 is 0 Å². The van der Waals surface area contributed by atoms with Crippen LogP contribution in [-0.4, -0.2) is 11.2 Å². The van der Waals surface area contributed by atoms with Crippen molar-refractivity contribution >= 4 is 27.8 Å². The minimum Gasteiger partial charge on any atom is -0.265 e. The van der Waals surface area contributed by atoms with Crippen LogP contribution in [0.1, 0.15) is 5.56 Å². The number of nitrogens with zero attached hydrogens (tertiary/aromatic N) is 2. The number of benzene rings is 1. The molecule has 0 atom stereocenters. The van der Waals surface area contributed by atoms with Crippen molar-refractivity contribution in [1.82, 2.24) is 4.98 Å². The molecule has 0 bridgehead atoms. The van der Waals surface area contributed by atoms with Gasteiger partial charge in [0.25, 0.3) is 0 Å². The molecule has 2 aromatic rings. The molecule has 3 heteroatoms. The zero-order valence-electron chi connectivity index (χ0n) is 7.97. The van der Waals surface area contributed by atoms with Gasteiger partial charge in [0.1, 0.15) is 0 Å². The molecule has 1 aromatic carbocycles. The van der Waals surface area contributed by atoms with E-state index in [0.717, 1.165) is 15.7 Å². The fraction of sp³-hybridized carbons (Fsp3) is 0. The normalized spacial score (nSPS) is 10.7. The van der Waals surface area contributed by atoms with E-state index in [1.165, 1.54) is 0 Å². The largest absolute Gasteiger partial charge is 0.265 e. The van der Waals surface area contributed by atoms with Crippen LogP contribution in [0.4, 0.5) is 5.69 Å². The molecule has 74 valence electrons. The van der Waals surface area contributed by atoms with E-state index >= 15 is 0 Å². The minimum absolute atomic E-state index is 0.910. The first-order valence-corrected chi connectivity index (χ1v) is 5.33. The van der Waals surface area contributed by atoms with E-state index in [2.05, 4.69) is 25.9 Å². The molecule has 0 saturated carbocycles. The molecule has 0 amide bonds. The fourth-order valence-electron chi connectivity index (χ4n) is 1.13. The van der Waals surface area contributed by atoms with Gasteiger partial charge in [-0.15, -0.1) is 0 Å². The molecule has 0 N–H and O–H groups in total. The van der Waals surface area contributed by atoms with Gasteiger partial charge in [0, 0.05) is 23.1 Å². The van der Waals surface area contributed by atoms with Gasteiger partial charge in [-0.1, -0.05) is 28.1 Å². The number of pyridine rings is 1. The summed E-state index contributed by atoms with van der Waals surface area (Å²) in [4.78, 5) is 8.26. The Morgan fingerprint density at radius 3 is 2.33 bits per heavy atom. The van der Waals surface area contributed by atoms with Gasteiger partial charge in [0.15, 0.2) is 0 Å². The predicted molar refractivity (Wildman–Crippen MR) is 65.6 cm³/mol. The molecule has 0 aliphatic heterocycles. The summed E-state index contributed by atoms with van der Waals surface area (Å²) >= 11 is 3.39. The maximum atomic E-state index is 4.33. The molecule has 2 nitrogen and oxygen atoms in total. The molecule has 1 aromatic heterocycles. The summed E-state index contributed by atoms with van der Waals surface area (Å²) < 4.78 is 1.07. The molecule has 0 radical (unpaired) electrons. The molecule has 2 rings (SSSR count). The highest BCUT2D eigenvalue weighted by atomic mass is 79.9. The highest BCUT2D eigenvalue weighted by Crippen LogP contribution is 2.11. The molecule has 0 aliphatic rings. The second-order valence-corrected chi connectivity index (χ2v) is 3.93. The zero-order chi connectivity index (χ0) is 10.5. The molecule has 0 saturated heterocycles.